The number of sulfonamides is 1. The number of esters is 1. The number of methoxy groups -OCH3 is 1. The van der Waals surface area contributed by atoms with E-state index >= 15 is 0 Å². The molecule has 2 aromatic carbocycles. The van der Waals surface area contributed by atoms with E-state index in [1.807, 2.05) is 0 Å². The molecule has 0 radical (unpaired) electrons. The summed E-state index contributed by atoms with van der Waals surface area (Å²) in [7, 11) is -2.35. The first-order valence-electron chi connectivity index (χ1n) is 9.86. The second kappa shape index (κ2) is 8.97. The Labute approximate surface area is 177 Å². The van der Waals surface area contributed by atoms with Crippen molar-refractivity contribution in [3.05, 3.63) is 58.7 Å². The van der Waals surface area contributed by atoms with Crippen molar-refractivity contribution in [2.75, 3.05) is 25.5 Å². The Morgan fingerprint density at radius 3 is 2.37 bits per heavy atom. The second-order valence-corrected chi connectivity index (χ2v) is 9.30. The van der Waals surface area contributed by atoms with E-state index in [-0.39, 0.29) is 10.5 Å². The molecule has 0 bridgehead atoms. The summed E-state index contributed by atoms with van der Waals surface area (Å²) >= 11 is 0. The van der Waals surface area contributed by atoms with Gasteiger partial charge in [0.2, 0.25) is 10.0 Å². The minimum atomic E-state index is -3.65. The number of benzene rings is 2. The highest BCUT2D eigenvalue weighted by molar-refractivity contribution is 7.89. The van der Waals surface area contributed by atoms with Crippen molar-refractivity contribution in [1.29, 1.82) is 0 Å². The molecule has 2 aromatic rings. The number of piperidine rings is 1. The van der Waals surface area contributed by atoms with Crippen LogP contribution in [0.2, 0.25) is 0 Å². The summed E-state index contributed by atoms with van der Waals surface area (Å²) in [6.07, 6.45) is 2.71. The molecule has 0 atom stereocenters. The quantitative estimate of drug-likeness (QED) is 0.733. The van der Waals surface area contributed by atoms with Crippen LogP contribution >= 0.6 is 0 Å². The number of hydrogen-bond acceptors (Lipinski definition) is 5. The van der Waals surface area contributed by atoms with Gasteiger partial charge in [-0.3, -0.25) is 4.79 Å². The SMILES string of the molecule is COC(=O)c1cccc(NC(=O)c2cc(S(=O)(=O)N3CCCCC3)ccc2C)c1C. The third-order valence-electron chi connectivity index (χ3n) is 5.39. The van der Waals surface area contributed by atoms with Crippen LogP contribution in [-0.4, -0.2) is 44.8 Å². The molecule has 1 heterocycles. The lowest BCUT2D eigenvalue weighted by Crippen LogP contribution is -2.35. The van der Waals surface area contributed by atoms with Crippen molar-refractivity contribution in [3.8, 4) is 0 Å². The fraction of sp³-hybridized carbons (Fsp3) is 0.364. The first-order chi connectivity index (χ1) is 14.3. The van der Waals surface area contributed by atoms with E-state index in [0.29, 0.717) is 35.5 Å². The van der Waals surface area contributed by atoms with Gasteiger partial charge in [-0.1, -0.05) is 18.6 Å². The Kier molecular flexibility index (Phi) is 6.58. The number of hydrogen-bond donors (Lipinski definition) is 1. The highest BCUT2D eigenvalue weighted by Crippen LogP contribution is 2.25. The number of nitrogens with zero attached hydrogens (tertiary/aromatic N) is 1. The predicted molar refractivity (Wildman–Crippen MR) is 114 cm³/mol. The molecule has 8 heteroatoms. The standard InChI is InChI=1S/C22H26N2O5S/c1-15-10-11-17(30(27,28)24-12-5-4-6-13-24)14-19(15)21(25)23-20-9-7-8-18(16(20)2)22(26)29-3/h7-11,14H,4-6,12-13H2,1-3H3,(H,23,25). The van der Waals surface area contributed by atoms with Crippen molar-refractivity contribution < 1.29 is 22.7 Å². The highest BCUT2D eigenvalue weighted by atomic mass is 32.2. The van der Waals surface area contributed by atoms with Gasteiger partial charge in [0.15, 0.2) is 0 Å². The molecular formula is C22H26N2O5S. The summed E-state index contributed by atoms with van der Waals surface area (Å²) in [6, 6.07) is 9.56. The lowest BCUT2D eigenvalue weighted by Gasteiger charge is -2.26. The summed E-state index contributed by atoms with van der Waals surface area (Å²) in [5.74, 6) is -0.928. The lowest BCUT2D eigenvalue weighted by molar-refractivity contribution is 0.0599. The molecule has 1 saturated heterocycles. The normalized spacial score (nSPS) is 14.9. The van der Waals surface area contributed by atoms with E-state index in [1.54, 1.807) is 44.2 Å². The minimum Gasteiger partial charge on any atom is -0.465 e. The van der Waals surface area contributed by atoms with Crippen LogP contribution < -0.4 is 5.32 Å². The maximum Gasteiger partial charge on any atom is 0.338 e. The van der Waals surface area contributed by atoms with Gasteiger partial charge in [0.25, 0.3) is 5.91 Å². The van der Waals surface area contributed by atoms with Crippen LogP contribution in [0.5, 0.6) is 0 Å². The van der Waals surface area contributed by atoms with Gasteiger partial charge in [-0.2, -0.15) is 4.31 Å². The van der Waals surface area contributed by atoms with Gasteiger partial charge < -0.3 is 10.1 Å². The fourth-order valence-electron chi connectivity index (χ4n) is 3.55. The van der Waals surface area contributed by atoms with Crippen molar-refractivity contribution in [1.82, 2.24) is 4.31 Å². The van der Waals surface area contributed by atoms with Crippen molar-refractivity contribution in [2.24, 2.45) is 0 Å². The molecule has 160 valence electrons. The number of ether oxygens (including phenoxy) is 1. The van der Waals surface area contributed by atoms with Crippen molar-refractivity contribution >= 4 is 27.6 Å². The van der Waals surface area contributed by atoms with Gasteiger partial charge in [0.1, 0.15) is 0 Å². The molecule has 0 aromatic heterocycles. The van der Waals surface area contributed by atoms with Gasteiger partial charge >= 0.3 is 5.97 Å². The Bertz CT molecular complexity index is 1070. The molecule has 3 rings (SSSR count). The number of carbonyl (C=O) groups excluding carboxylic acids is 2. The maximum absolute atomic E-state index is 13.0. The topological polar surface area (TPSA) is 92.8 Å². The molecule has 1 aliphatic rings. The predicted octanol–water partition coefficient (Wildman–Crippen LogP) is 3.52. The largest absolute Gasteiger partial charge is 0.465 e. The van der Waals surface area contributed by atoms with E-state index in [9.17, 15) is 18.0 Å². The molecule has 30 heavy (non-hydrogen) atoms. The third-order valence-corrected chi connectivity index (χ3v) is 7.29. The van der Waals surface area contributed by atoms with Crippen LogP contribution in [0.1, 0.15) is 51.1 Å². The first kappa shape index (κ1) is 22.0. The van der Waals surface area contributed by atoms with Gasteiger partial charge in [0, 0.05) is 24.3 Å². The zero-order valence-electron chi connectivity index (χ0n) is 17.4. The zero-order chi connectivity index (χ0) is 21.9. The molecule has 7 nitrogen and oxygen atoms in total. The monoisotopic (exact) mass is 430 g/mol. The van der Waals surface area contributed by atoms with E-state index < -0.39 is 21.9 Å². The molecular weight excluding hydrogens is 404 g/mol. The van der Waals surface area contributed by atoms with Gasteiger partial charge in [-0.25, -0.2) is 13.2 Å². The summed E-state index contributed by atoms with van der Waals surface area (Å²) in [5, 5.41) is 2.79. The Morgan fingerprint density at radius 1 is 1.00 bits per heavy atom. The van der Waals surface area contributed by atoms with Crippen molar-refractivity contribution in [2.45, 2.75) is 38.0 Å². The van der Waals surface area contributed by atoms with Crippen LogP contribution in [0.15, 0.2) is 41.3 Å². The Morgan fingerprint density at radius 2 is 1.70 bits per heavy atom. The second-order valence-electron chi connectivity index (χ2n) is 7.37. The Hall–Kier alpha value is -2.71. The zero-order valence-corrected chi connectivity index (χ0v) is 18.2. The molecule has 0 saturated carbocycles. The van der Waals surface area contributed by atoms with Gasteiger partial charge in [-0.15, -0.1) is 0 Å². The Balaban J connectivity index is 1.90. The molecule has 0 unspecified atom stereocenters. The molecule has 1 aliphatic heterocycles. The fourth-order valence-corrected chi connectivity index (χ4v) is 5.10. The van der Waals surface area contributed by atoms with Crippen molar-refractivity contribution in [3.63, 3.8) is 0 Å². The summed E-state index contributed by atoms with van der Waals surface area (Å²) in [4.78, 5) is 25.0. The smallest absolute Gasteiger partial charge is 0.338 e. The average Bonchev–Trinajstić information content (AvgIpc) is 2.75. The minimum absolute atomic E-state index is 0.111. The van der Waals surface area contributed by atoms with Gasteiger partial charge in [0.05, 0.1) is 17.6 Å². The number of rotatable bonds is 5. The molecule has 0 spiro atoms. The van der Waals surface area contributed by atoms with Crippen LogP contribution in [0, 0.1) is 13.8 Å². The maximum atomic E-state index is 13.0. The number of anilines is 1. The average molecular weight is 431 g/mol. The number of carbonyl (C=O) groups is 2. The van der Waals surface area contributed by atoms with Crippen LogP contribution in [-0.2, 0) is 14.8 Å². The molecule has 0 aliphatic carbocycles. The summed E-state index contributed by atoms with van der Waals surface area (Å²) in [6.45, 7) is 4.46. The van der Waals surface area contributed by atoms with Crippen LogP contribution in [0.4, 0.5) is 5.69 Å². The third kappa shape index (κ3) is 4.39. The van der Waals surface area contributed by atoms with E-state index in [4.69, 9.17) is 4.74 Å². The summed E-state index contributed by atoms with van der Waals surface area (Å²) < 4.78 is 32.2. The first-order valence-corrected chi connectivity index (χ1v) is 11.3. The summed E-state index contributed by atoms with van der Waals surface area (Å²) in [5.41, 5.74) is 2.33. The number of amides is 1. The molecule has 1 amide bonds. The number of aryl methyl sites for hydroxylation is 1. The lowest BCUT2D eigenvalue weighted by atomic mass is 10.1. The molecule has 1 fully saturated rings. The van der Waals surface area contributed by atoms with E-state index in [2.05, 4.69) is 5.32 Å². The van der Waals surface area contributed by atoms with Crippen LogP contribution in [0.25, 0.3) is 0 Å². The molecule has 1 N–H and O–H groups in total. The van der Waals surface area contributed by atoms with Crippen LogP contribution in [0.3, 0.4) is 0 Å². The van der Waals surface area contributed by atoms with E-state index in [1.165, 1.54) is 17.5 Å². The van der Waals surface area contributed by atoms with E-state index in [0.717, 1.165) is 19.3 Å². The number of nitrogens with one attached hydrogen (secondary N) is 1. The highest BCUT2D eigenvalue weighted by Gasteiger charge is 2.27. The van der Waals surface area contributed by atoms with Gasteiger partial charge in [-0.05, 0) is 62.1 Å².